The lowest BCUT2D eigenvalue weighted by Gasteiger charge is -2.37. The van der Waals surface area contributed by atoms with Crippen molar-refractivity contribution in [1.29, 1.82) is 0 Å². The van der Waals surface area contributed by atoms with Gasteiger partial charge >= 0.3 is 0 Å². The van der Waals surface area contributed by atoms with Crippen LogP contribution in [0.2, 0.25) is 0 Å². The van der Waals surface area contributed by atoms with Crippen LogP contribution in [0.15, 0.2) is 0 Å². The van der Waals surface area contributed by atoms with Gasteiger partial charge in [0.2, 0.25) is 5.91 Å². The van der Waals surface area contributed by atoms with Crippen LogP contribution < -0.4 is 5.32 Å². The average Bonchev–Trinajstić information content (AvgIpc) is 3.10. The number of halogens is 1. The molecule has 0 spiro atoms. The first-order valence-corrected chi connectivity index (χ1v) is 8.35. The second-order valence-corrected chi connectivity index (χ2v) is 7.95. The number of sulfone groups is 1. The second kappa shape index (κ2) is 6.41. The number of rotatable bonds is 4. The van der Waals surface area contributed by atoms with E-state index in [0.29, 0.717) is 13.1 Å². The third-order valence-corrected chi connectivity index (χ3v) is 6.36. The van der Waals surface area contributed by atoms with Gasteiger partial charge in [-0.2, -0.15) is 0 Å². The molecule has 1 saturated heterocycles. The highest BCUT2D eigenvalue weighted by atomic mass is 35.5. The van der Waals surface area contributed by atoms with Crippen LogP contribution in [-0.4, -0.2) is 55.9 Å². The summed E-state index contributed by atoms with van der Waals surface area (Å²) in [7, 11) is -3.02. The fraction of sp³-hybridized carbons (Fsp3) is 0.917. The topological polar surface area (TPSA) is 66.5 Å². The Balaban J connectivity index is 0.00000180. The SMILES string of the molecule is CC1C(C)S(=O)(=O)CCN1C(=O)CNCC1CC1.Cl. The predicted octanol–water partition coefficient (Wildman–Crippen LogP) is 0.442. The van der Waals surface area contributed by atoms with Crippen LogP contribution in [-0.2, 0) is 14.6 Å². The van der Waals surface area contributed by atoms with Gasteiger partial charge < -0.3 is 10.2 Å². The van der Waals surface area contributed by atoms with E-state index in [-0.39, 0.29) is 30.1 Å². The van der Waals surface area contributed by atoms with Crippen LogP contribution in [0.1, 0.15) is 26.7 Å². The van der Waals surface area contributed by atoms with Crippen molar-refractivity contribution >= 4 is 28.2 Å². The van der Waals surface area contributed by atoms with Gasteiger partial charge in [-0.1, -0.05) is 0 Å². The summed E-state index contributed by atoms with van der Waals surface area (Å²) in [5.74, 6) is 0.855. The fourth-order valence-electron chi connectivity index (χ4n) is 2.33. The van der Waals surface area contributed by atoms with Gasteiger partial charge in [0.15, 0.2) is 9.84 Å². The van der Waals surface area contributed by atoms with Crippen LogP contribution in [0.5, 0.6) is 0 Å². The van der Waals surface area contributed by atoms with Crippen molar-refractivity contribution in [3.05, 3.63) is 0 Å². The highest BCUT2D eigenvalue weighted by Crippen LogP contribution is 2.27. The maximum absolute atomic E-state index is 12.0. The first kappa shape index (κ1) is 16.7. The molecule has 1 heterocycles. The lowest BCUT2D eigenvalue weighted by Crippen LogP contribution is -2.56. The van der Waals surface area contributed by atoms with Crippen molar-refractivity contribution in [3.8, 4) is 0 Å². The Morgan fingerprint density at radius 3 is 2.53 bits per heavy atom. The number of carbonyl (C=O) groups is 1. The zero-order valence-electron chi connectivity index (χ0n) is 11.5. The molecule has 1 saturated carbocycles. The van der Waals surface area contributed by atoms with E-state index in [4.69, 9.17) is 0 Å². The molecule has 1 aliphatic heterocycles. The monoisotopic (exact) mass is 310 g/mol. The van der Waals surface area contributed by atoms with Crippen LogP contribution in [0.3, 0.4) is 0 Å². The van der Waals surface area contributed by atoms with Crippen LogP contribution in [0, 0.1) is 5.92 Å². The van der Waals surface area contributed by atoms with Crippen LogP contribution in [0.4, 0.5) is 0 Å². The van der Waals surface area contributed by atoms with Gasteiger partial charge in [0.1, 0.15) is 0 Å². The molecule has 0 aromatic carbocycles. The second-order valence-electron chi connectivity index (χ2n) is 5.47. The van der Waals surface area contributed by atoms with E-state index in [0.717, 1.165) is 12.5 Å². The normalized spacial score (nSPS) is 29.7. The Morgan fingerprint density at radius 2 is 1.95 bits per heavy atom. The molecule has 2 atom stereocenters. The molecule has 112 valence electrons. The molecular weight excluding hydrogens is 288 g/mol. The first-order valence-electron chi connectivity index (χ1n) is 6.63. The summed E-state index contributed by atoms with van der Waals surface area (Å²) in [4.78, 5) is 13.7. The zero-order valence-corrected chi connectivity index (χ0v) is 13.1. The van der Waals surface area contributed by atoms with Crippen molar-refractivity contribution in [2.75, 3.05) is 25.4 Å². The summed E-state index contributed by atoms with van der Waals surface area (Å²) in [5.41, 5.74) is 0. The molecule has 0 radical (unpaired) electrons. The van der Waals surface area contributed by atoms with Gasteiger partial charge in [-0.25, -0.2) is 8.42 Å². The number of hydrogen-bond acceptors (Lipinski definition) is 4. The number of hydrogen-bond donors (Lipinski definition) is 1. The largest absolute Gasteiger partial charge is 0.337 e. The Kier molecular flexibility index (Phi) is 5.65. The summed E-state index contributed by atoms with van der Waals surface area (Å²) in [6.07, 6.45) is 2.52. The summed E-state index contributed by atoms with van der Waals surface area (Å²) in [5, 5.41) is 2.70. The Bertz CT molecular complexity index is 423. The quantitative estimate of drug-likeness (QED) is 0.818. The number of nitrogens with one attached hydrogen (secondary N) is 1. The average molecular weight is 311 g/mol. The maximum Gasteiger partial charge on any atom is 0.236 e. The molecule has 2 rings (SSSR count). The van der Waals surface area contributed by atoms with Gasteiger partial charge in [0.25, 0.3) is 0 Å². The molecule has 1 amide bonds. The standard InChI is InChI=1S/C12H22N2O3S.ClH/c1-9-10(2)18(16,17)6-5-14(9)12(15)8-13-7-11-3-4-11;/h9-11,13H,3-8H2,1-2H3;1H. The van der Waals surface area contributed by atoms with E-state index >= 15 is 0 Å². The summed E-state index contributed by atoms with van der Waals surface area (Å²) < 4.78 is 23.4. The van der Waals surface area contributed by atoms with Gasteiger partial charge in [-0.3, -0.25) is 4.79 Å². The fourth-order valence-corrected chi connectivity index (χ4v) is 3.90. The molecule has 2 aliphatic rings. The number of amides is 1. The van der Waals surface area contributed by atoms with Gasteiger partial charge in [-0.15, -0.1) is 12.4 Å². The summed E-state index contributed by atoms with van der Waals surface area (Å²) in [6, 6.07) is -0.223. The minimum Gasteiger partial charge on any atom is -0.337 e. The van der Waals surface area contributed by atoms with Crippen molar-refractivity contribution < 1.29 is 13.2 Å². The molecule has 0 aromatic rings. The van der Waals surface area contributed by atoms with E-state index in [1.165, 1.54) is 12.8 Å². The Hall–Kier alpha value is -0.330. The lowest BCUT2D eigenvalue weighted by molar-refractivity contribution is -0.132. The molecule has 1 N–H and O–H groups in total. The van der Waals surface area contributed by atoms with E-state index in [1.54, 1.807) is 11.8 Å². The predicted molar refractivity (Wildman–Crippen MR) is 77.3 cm³/mol. The van der Waals surface area contributed by atoms with Crippen LogP contribution in [0.25, 0.3) is 0 Å². The van der Waals surface area contributed by atoms with E-state index < -0.39 is 15.1 Å². The number of carbonyl (C=O) groups excluding carboxylic acids is 1. The smallest absolute Gasteiger partial charge is 0.236 e. The molecule has 2 fully saturated rings. The van der Waals surface area contributed by atoms with Gasteiger partial charge in [-0.05, 0) is 39.2 Å². The molecular formula is C12H23ClN2O3S. The van der Waals surface area contributed by atoms with E-state index in [1.807, 2.05) is 6.92 Å². The molecule has 5 nitrogen and oxygen atoms in total. The molecule has 19 heavy (non-hydrogen) atoms. The van der Waals surface area contributed by atoms with Gasteiger partial charge in [0, 0.05) is 12.6 Å². The minimum atomic E-state index is -3.02. The van der Waals surface area contributed by atoms with Crippen LogP contribution >= 0.6 is 12.4 Å². The lowest BCUT2D eigenvalue weighted by atomic mass is 10.2. The van der Waals surface area contributed by atoms with Crippen molar-refractivity contribution in [1.82, 2.24) is 10.2 Å². The van der Waals surface area contributed by atoms with Gasteiger partial charge in [0.05, 0.1) is 17.5 Å². The van der Waals surface area contributed by atoms with Crippen molar-refractivity contribution in [2.24, 2.45) is 5.92 Å². The number of nitrogens with zero attached hydrogens (tertiary/aromatic N) is 1. The Morgan fingerprint density at radius 1 is 1.32 bits per heavy atom. The van der Waals surface area contributed by atoms with Crippen molar-refractivity contribution in [3.63, 3.8) is 0 Å². The molecule has 0 aromatic heterocycles. The first-order chi connectivity index (χ1) is 8.42. The zero-order chi connectivity index (χ0) is 13.3. The summed E-state index contributed by atoms with van der Waals surface area (Å²) in [6.45, 7) is 5.07. The Labute approximate surface area is 121 Å². The van der Waals surface area contributed by atoms with Crippen molar-refractivity contribution in [2.45, 2.75) is 38.0 Å². The molecule has 2 unspecified atom stereocenters. The highest BCUT2D eigenvalue weighted by Gasteiger charge is 2.37. The third kappa shape index (κ3) is 4.07. The minimum absolute atomic E-state index is 0. The molecule has 1 aliphatic carbocycles. The summed E-state index contributed by atoms with van der Waals surface area (Å²) >= 11 is 0. The molecule has 0 bridgehead atoms. The molecule has 7 heteroatoms. The van der Waals surface area contributed by atoms with E-state index in [9.17, 15) is 13.2 Å². The maximum atomic E-state index is 12.0. The highest BCUT2D eigenvalue weighted by molar-refractivity contribution is 7.92. The third-order valence-electron chi connectivity index (χ3n) is 4.08. The van der Waals surface area contributed by atoms with E-state index in [2.05, 4.69) is 5.32 Å².